The van der Waals surface area contributed by atoms with Gasteiger partial charge in [0, 0.05) is 17.9 Å². The van der Waals surface area contributed by atoms with Gasteiger partial charge in [-0.05, 0) is 80.9 Å². The van der Waals surface area contributed by atoms with Crippen molar-refractivity contribution in [3.05, 3.63) is 78.6 Å². The number of hydrogen-bond donors (Lipinski definition) is 0. The summed E-state index contributed by atoms with van der Waals surface area (Å²) in [7, 11) is 0. The average Bonchev–Trinajstić information content (AvgIpc) is 2.50. The van der Waals surface area contributed by atoms with Crippen molar-refractivity contribution in [2.24, 2.45) is 0 Å². The first kappa shape index (κ1) is 17.9. The minimum Gasteiger partial charge on any atom is -0.0985 e. The van der Waals surface area contributed by atoms with E-state index in [0.717, 1.165) is 23.5 Å². The fraction of sp³-hybridized carbons (Fsp3) is 0. The lowest BCUT2D eigenvalue weighted by Gasteiger charge is -2.05. The number of hydrogen-bond acceptors (Lipinski definition) is 0. The highest BCUT2D eigenvalue weighted by molar-refractivity contribution is 9.15. The molecule has 2 rings (SSSR count). The van der Waals surface area contributed by atoms with Gasteiger partial charge in [-0.3, -0.25) is 0 Å². The van der Waals surface area contributed by atoms with Crippen LogP contribution in [-0.2, 0) is 0 Å². The third-order valence-electron chi connectivity index (χ3n) is 2.39. The molecule has 0 amide bonds. The molecule has 2 aromatic rings. The molecule has 0 atom stereocenters. The van der Waals surface area contributed by atoms with Gasteiger partial charge in [-0.1, -0.05) is 55.6 Å². The minimum atomic E-state index is 0.992. The molecule has 0 bridgehead atoms. The Hall–Kier alpha value is -0.160. The monoisotopic (exact) mass is 520 g/mol. The van der Waals surface area contributed by atoms with Gasteiger partial charge in [0.15, 0.2) is 0 Å². The first-order valence-electron chi connectivity index (χ1n) is 5.64. The summed E-state index contributed by atoms with van der Waals surface area (Å²) in [6.45, 7) is 7.35. The summed E-state index contributed by atoms with van der Waals surface area (Å²) in [4.78, 5) is 0. The van der Waals surface area contributed by atoms with E-state index in [2.05, 4.69) is 76.9 Å². The predicted molar refractivity (Wildman–Crippen MR) is 104 cm³/mol. The molecule has 104 valence electrons. The second kappa shape index (κ2) is 8.98. The molecule has 0 aromatic heterocycles. The first-order valence-corrected chi connectivity index (χ1v) is 8.81. The average molecular weight is 524 g/mol. The standard InChI is InChI=1S/C8H4Br4.C8H8/c1-2-4-3-5(9)7(11)8(12)6(4)10;1-2-8-6-4-3-5-7-8/h2-3H,1H2;2-7H,1H2. The Labute approximate surface area is 153 Å². The molecule has 0 radical (unpaired) electrons. The largest absolute Gasteiger partial charge is 0.0985 e. The van der Waals surface area contributed by atoms with Gasteiger partial charge in [0.25, 0.3) is 0 Å². The summed E-state index contributed by atoms with van der Waals surface area (Å²) in [6.07, 6.45) is 3.63. The zero-order valence-electron chi connectivity index (χ0n) is 10.5. The smallest absolute Gasteiger partial charge is 0.0477 e. The second-order valence-corrected chi connectivity index (χ2v) is 6.94. The van der Waals surface area contributed by atoms with Crippen LogP contribution >= 0.6 is 63.7 Å². The maximum absolute atomic E-state index is 3.72. The minimum absolute atomic E-state index is 0.992. The van der Waals surface area contributed by atoms with E-state index in [-0.39, 0.29) is 0 Å². The highest BCUT2D eigenvalue weighted by Crippen LogP contribution is 2.39. The van der Waals surface area contributed by atoms with E-state index in [0.29, 0.717) is 0 Å². The van der Waals surface area contributed by atoms with Crippen LogP contribution in [0.25, 0.3) is 12.2 Å². The van der Waals surface area contributed by atoms with E-state index >= 15 is 0 Å². The van der Waals surface area contributed by atoms with Gasteiger partial charge in [-0.25, -0.2) is 0 Å². The third-order valence-corrected chi connectivity index (χ3v) is 7.08. The van der Waals surface area contributed by atoms with Crippen LogP contribution in [0.1, 0.15) is 11.1 Å². The Balaban J connectivity index is 0.000000217. The van der Waals surface area contributed by atoms with E-state index in [1.165, 1.54) is 5.56 Å². The second-order valence-electron chi connectivity index (χ2n) is 3.71. The van der Waals surface area contributed by atoms with E-state index in [1.807, 2.05) is 42.5 Å². The topological polar surface area (TPSA) is 0 Å². The summed E-state index contributed by atoms with van der Waals surface area (Å²) in [5.74, 6) is 0. The van der Waals surface area contributed by atoms with Crippen LogP contribution in [0.4, 0.5) is 0 Å². The molecule has 0 N–H and O–H groups in total. The summed E-state index contributed by atoms with van der Waals surface area (Å²) < 4.78 is 4.01. The fourth-order valence-electron chi connectivity index (χ4n) is 1.33. The van der Waals surface area contributed by atoms with Crippen LogP contribution in [0.15, 0.2) is 67.4 Å². The maximum atomic E-state index is 3.72. The van der Waals surface area contributed by atoms with E-state index in [1.54, 1.807) is 6.08 Å². The number of benzene rings is 2. The highest BCUT2D eigenvalue weighted by Gasteiger charge is 2.09. The molecule has 0 aliphatic heterocycles. The van der Waals surface area contributed by atoms with Crippen molar-refractivity contribution in [1.82, 2.24) is 0 Å². The Morgan fingerprint density at radius 2 is 1.35 bits per heavy atom. The Morgan fingerprint density at radius 3 is 1.80 bits per heavy atom. The molecule has 0 saturated heterocycles. The first-order chi connectivity index (χ1) is 9.51. The molecule has 4 heteroatoms. The van der Waals surface area contributed by atoms with Crippen LogP contribution < -0.4 is 0 Å². The molecule has 0 saturated carbocycles. The lowest BCUT2D eigenvalue weighted by atomic mass is 10.2. The normalized spacial score (nSPS) is 9.40. The fourth-order valence-corrected chi connectivity index (χ4v) is 3.54. The summed E-state index contributed by atoms with van der Waals surface area (Å²) >= 11 is 13.8. The van der Waals surface area contributed by atoms with Gasteiger partial charge in [0.1, 0.15) is 0 Å². The molecular weight excluding hydrogens is 512 g/mol. The molecule has 20 heavy (non-hydrogen) atoms. The lowest BCUT2D eigenvalue weighted by molar-refractivity contribution is 1.47. The van der Waals surface area contributed by atoms with E-state index in [9.17, 15) is 0 Å². The Bertz CT molecular complexity index is 604. The van der Waals surface area contributed by atoms with Gasteiger partial charge in [-0.2, -0.15) is 0 Å². The Morgan fingerprint density at radius 1 is 0.750 bits per heavy atom. The summed E-state index contributed by atoms with van der Waals surface area (Å²) in [5, 5.41) is 0. The molecule has 0 aliphatic carbocycles. The van der Waals surface area contributed by atoms with Crippen LogP contribution in [-0.4, -0.2) is 0 Å². The zero-order valence-corrected chi connectivity index (χ0v) is 16.9. The van der Waals surface area contributed by atoms with Crippen LogP contribution in [0.3, 0.4) is 0 Å². The van der Waals surface area contributed by atoms with Gasteiger partial charge in [-0.15, -0.1) is 0 Å². The molecule has 0 unspecified atom stereocenters. The van der Waals surface area contributed by atoms with Crippen molar-refractivity contribution >= 4 is 75.9 Å². The predicted octanol–water partition coefficient (Wildman–Crippen LogP) is 7.71. The third kappa shape index (κ3) is 4.99. The quantitative estimate of drug-likeness (QED) is 0.279. The van der Waals surface area contributed by atoms with Crippen molar-refractivity contribution in [2.45, 2.75) is 0 Å². The van der Waals surface area contributed by atoms with Crippen molar-refractivity contribution in [2.75, 3.05) is 0 Å². The Kier molecular flexibility index (Phi) is 8.03. The SMILES string of the molecule is C=Cc1cc(Br)c(Br)c(Br)c1Br.C=Cc1ccccc1. The van der Waals surface area contributed by atoms with Crippen molar-refractivity contribution in [3.8, 4) is 0 Å². The molecule has 0 heterocycles. The van der Waals surface area contributed by atoms with Crippen LogP contribution in [0.5, 0.6) is 0 Å². The van der Waals surface area contributed by atoms with Gasteiger partial charge in [0.2, 0.25) is 0 Å². The van der Waals surface area contributed by atoms with Crippen LogP contribution in [0, 0.1) is 0 Å². The van der Waals surface area contributed by atoms with Crippen molar-refractivity contribution in [1.29, 1.82) is 0 Å². The number of rotatable bonds is 2. The van der Waals surface area contributed by atoms with E-state index in [4.69, 9.17) is 0 Å². The van der Waals surface area contributed by atoms with Gasteiger partial charge in [0.05, 0.1) is 0 Å². The van der Waals surface area contributed by atoms with Gasteiger partial charge >= 0.3 is 0 Å². The summed E-state index contributed by atoms with van der Waals surface area (Å²) in [6, 6.07) is 12.0. The molecular formula is C16H12Br4. The zero-order chi connectivity index (χ0) is 15.1. The lowest BCUT2D eigenvalue weighted by Crippen LogP contribution is -1.81. The molecule has 2 aromatic carbocycles. The molecule has 0 aliphatic rings. The molecule has 0 spiro atoms. The highest BCUT2D eigenvalue weighted by atomic mass is 79.9. The summed E-state index contributed by atoms with van der Waals surface area (Å²) in [5.41, 5.74) is 2.23. The molecule has 0 fully saturated rings. The molecule has 0 nitrogen and oxygen atoms in total. The number of halogens is 4. The van der Waals surface area contributed by atoms with Gasteiger partial charge < -0.3 is 0 Å². The van der Waals surface area contributed by atoms with Crippen LogP contribution in [0.2, 0.25) is 0 Å². The maximum Gasteiger partial charge on any atom is 0.0477 e. The van der Waals surface area contributed by atoms with E-state index < -0.39 is 0 Å². The van der Waals surface area contributed by atoms with Crippen molar-refractivity contribution < 1.29 is 0 Å². The van der Waals surface area contributed by atoms with Crippen molar-refractivity contribution in [3.63, 3.8) is 0 Å².